The van der Waals surface area contributed by atoms with Gasteiger partial charge < -0.3 is 13.3 Å². The van der Waals surface area contributed by atoms with Crippen LogP contribution < -0.4 is 0 Å². The van der Waals surface area contributed by atoms with Gasteiger partial charge in [0.25, 0.3) is 0 Å². The molecular weight excluding hydrogens is 270 g/mol. The molecule has 0 aliphatic carbocycles. The van der Waals surface area contributed by atoms with Crippen molar-refractivity contribution in [2.75, 3.05) is 0 Å². The van der Waals surface area contributed by atoms with Crippen molar-refractivity contribution in [3.63, 3.8) is 0 Å². The molecule has 1 aromatic rings. The van der Waals surface area contributed by atoms with Crippen molar-refractivity contribution in [1.29, 1.82) is 0 Å². The van der Waals surface area contributed by atoms with Crippen LogP contribution in [0.25, 0.3) is 0 Å². The lowest BCUT2D eigenvalue weighted by Gasteiger charge is -2.36. The number of aromatic nitrogens is 1. The number of nitrogens with zero attached hydrogens (tertiary/aromatic N) is 1. The minimum absolute atomic E-state index is 0.362. The second-order valence-electron chi connectivity index (χ2n) is 5.58. The number of oxazole rings is 1. The van der Waals surface area contributed by atoms with Gasteiger partial charge in [0.15, 0.2) is 6.39 Å². The number of hydrogen-bond acceptors (Lipinski definition) is 4. The molecule has 4 nitrogen and oxygen atoms in total. The van der Waals surface area contributed by atoms with E-state index in [4.69, 9.17) is 13.3 Å². The molecule has 0 radical (unpaired) electrons. The van der Waals surface area contributed by atoms with Crippen molar-refractivity contribution < 1.29 is 13.3 Å². The van der Waals surface area contributed by atoms with E-state index >= 15 is 0 Å². The molecule has 0 aromatic carbocycles. The molecule has 0 amide bonds. The fourth-order valence-corrected chi connectivity index (χ4v) is 5.49. The van der Waals surface area contributed by atoms with Gasteiger partial charge in [-0.3, -0.25) is 0 Å². The minimum atomic E-state index is -2.32. The Kier molecular flexibility index (Phi) is 7.02. The Hall–Kier alpha value is -1.07. The van der Waals surface area contributed by atoms with Crippen LogP contribution in [0.4, 0.5) is 0 Å². The predicted molar refractivity (Wildman–Crippen MR) is 82.4 cm³/mol. The standard InChI is InChI=1S/C15H27NO3Si/c1-6-7-8-9-18-20(13(2)3,14(4)5)19-11-15-10-17-12-16-15/h8-10,12-14H,6-7,11H2,1-5H3/b9-8+. The third-order valence-electron chi connectivity index (χ3n) is 3.34. The molecule has 1 heterocycles. The highest BCUT2D eigenvalue weighted by Crippen LogP contribution is 2.35. The molecule has 1 rings (SSSR count). The monoisotopic (exact) mass is 297 g/mol. The Balaban J connectivity index is 2.76. The molecule has 5 heteroatoms. The summed E-state index contributed by atoms with van der Waals surface area (Å²) in [6.45, 7) is 11.3. The fraction of sp³-hybridized carbons (Fsp3) is 0.667. The van der Waals surface area contributed by atoms with Crippen LogP contribution >= 0.6 is 0 Å². The molecule has 0 aliphatic rings. The second kappa shape index (κ2) is 8.27. The Bertz CT molecular complexity index is 380. The van der Waals surface area contributed by atoms with Crippen molar-refractivity contribution in [1.82, 2.24) is 4.98 Å². The Morgan fingerprint density at radius 3 is 2.50 bits per heavy atom. The quantitative estimate of drug-likeness (QED) is 0.486. The van der Waals surface area contributed by atoms with Gasteiger partial charge in [-0.05, 0) is 6.42 Å². The van der Waals surface area contributed by atoms with Crippen LogP contribution in [0.2, 0.25) is 11.1 Å². The molecule has 114 valence electrons. The topological polar surface area (TPSA) is 44.5 Å². The van der Waals surface area contributed by atoms with E-state index in [2.05, 4.69) is 45.7 Å². The van der Waals surface area contributed by atoms with Crippen molar-refractivity contribution in [3.8, 4) is 0 Å². The summed E-state index contributed by atoms with van der Waals surface area (Å²) in [5.41, 5.74) is 1.53. The summed E-state index contributed by atoms with van der Waals surface area (Å²) < 4.78 is 17.3. The molecule has 0 saturated carbocycles. The fourth-order valence-electron chi connectivity index (χ4n) is 2.19. The average molecular weight is 297 g/mol. The average Bonchev–Trinajstić information content (AvgIpc) is 2.90. The van der Waals surface area contributed by atoms with Gasteiger partial charge in [-0.2, -0.15) is 0 Å². The molecule has 0 bridgehead atoms. The summed E-state index contributed by atoms with van der Waals surface area (Å²) >= 11 is 0. The van der Waals surface area contributed by atoms with Crippen LogP contribution in [0.5, 0.6) is 0 Å². The normalized spacial score (nSPS) is 12.8. The van der Waals surface area contributed by atoms with Crippen molar-refractivity contribution in [2.24, 2.45) is 0 Å². The third kappa shape index (κ3) is 4.49. The second-order valence-corrected chi connectivity index (χ2v) is 9.85. The lowest BCUT2D eigenvalue weighted by Crippen LogP contribution is -2.46. The third-order valence-corrected chi connectivity index (χ3v) is 7.66. The Morgan fingerprint density at radius 2 is 2.00 bits per heavy atom. The summed E-state index contributed by atoms with van der Waals surface area (Å²) in [7, 11) is -2.32. The van der Waals surface area contributed by atoms with Gasteiger partial charge in [-0.25, -0.2) is 4.98 Å². The first-order chi connectivity index (χ1) is 9.53. The predicted octanol–water partition coefficient (Wildman–Crippen LogP) is 4.78. The zero-order valence-corrected chi connectivity index (χ0v) is 14.3. The van der Waals surface area contributed by atoms with E-state index < -0.39 is 8.56 Å². The zero-order valence-electron chi connectivity index (χ0n) is 13.3. The SMILES string of the molecule is CCC/C=C/O[Si](OCc1cocn1)(C(C)C)C(C)C. The van der Waals surface area contributed by atoms with Crippen LogP contribution in [-0.2, 0) is 15.5 Å². The van der Waals surface area contributed by atoms with Crippen LogP contribution in [0.3, 0.4) is 0 Å². The van der Waals surface area contributed by atoms with Gasteiger partial charge in [0.05, 0.1) is 12.9 Å². The molecule has 0 fully saturated rings. The Morgan fingerprint density at radius 1 is 1.30 bits per heavy atom. The molecule has 20 heavy (non-hydrogen) atoms. The van der Waals surface area contributed by atoms with Crippen LogP contribution in [0, 0.1) is 0 Å². The van der Waals surface area contributed by atoms with E-state index in [9.17, 15) is 0 Å². The summed E-state index contributed by atoms with van der Waals surface area (Å²) in [4.78, 5) is 4.10. The molecule has 0 atom stereocenters. The van der Waals surface area contributed by atoms with Crippen LogP contribution in [-0.4, -0.2) is 13.5 Å². The number of rotatable bonds is 9. The molecule has 0 unspecified atom stereocenters. The van der Waals surface area contributed by atoms with Gasteiger partial charge >= 0.3 is 8.56 Å². The first-order valence-corrected chi connectivity index (χ1v) is 9.33. The maximum absolute atomic E-state index is 6.22. The molecule has 1 aromatic heterocycles. The van der Waals surface area contributed by atoms with E-state index in [-0.39, 0.29) is 0 Å². The zero-order chi connectivity index (χ0) is 15.0. The lowest BCUT2D eigenvalue weighted by atomic mass is 10.3. The Labute approximate surface area is 123 Å². The maximum atomic E-state index is 6.22. The van der Waals surface area contributed by atoms with Crippen molar-refractivity contribution in [3.05, 3.63) is 30.7 Å². The van der Waals surface area contributed by atoms with E-state index in [1.807, 2.05) is 6.26 Å². The van der Waals surface area contributed by atoms with Gasteiger partial charge in [-0.15, -0.1) is 0 Å². The summed E-state index contributed by atoms with van der Waals surface area (Å²) in [5, 5.41) is 0. The minimum Gasteiger partial charge on any atom is -0.527 e. The summed E-state index contributed by atoms with van der Waals surface area (Å²) in [6, 6.07) is 0. The number of hydrogen-bond donors (Lipinski definition) is 0. The van der Waals surface area contributed by atoms with Gasteiger partial charge in [-0.1, -0.05) is 47.1 Å². The lowest BCUT2D eigenvalue weighted by molar-refractivity contribution is 0.188. The smallest absolute Gasteiger partial charge is 0.404 e. The molecule has 0 aliphatic heterocycles. The van der Waals surface area contributed by atoms with Crippen molar-refractivity contribution >= 4 is 8.56 Å². The largest absolute Gasteiger partial charge is 0.527 e. The molecule has 0 spiro atoms. The molecular formula is C15H27NO3Si. The van der Waals surface area contributed by atoms with Gasteiger partial charge in [0.1, 0.15) is 12.0 Å². The summed E-state index contributed by atoms with van der Waals surface area (Å²) in [6.07, 6.45) is 9.10. The first-order valence-electron chi connectivity index (χ1n) is 7.36. The van der Waals surface area contributed by atoms with E-state index in [0.29, 0.717) is 17.7 Å². The van der Waals surface area contributed by atoms with E-state index in [1.165, 1.54) is 6.39 Å². The number of allylic oxidation sites excluding steroid dienone is 1. The number of unbranched alkanes of at least 4 members (excludes halogenated alkanes) is 1. The molecule has 0 saturated heterocycles. The molecule has 0 N–H and O–H groups in total. The highest BCUT2D eigenvalue weighted by Gasteiger charge is 2.46. The van der Waals surface area contributed by atoms with Crippen LogP contribution in [0.1, 0.15) is 53.2 Å². The van der Waals surface area contributed by atoms with Crippen molar-refractivity contribution in [2.45, 2.75) is 65.1 Å². The van der Waals surface area contributed by atoms with Gasteiger partial charge in [0.2, 0.25) is 0 Å². The summed E-state index contributed by atoms with van der Waals surface area (Å²) in [5.74, 6) is 0. The maximum Gasteiger partial charge on any atom is 0.404 e. The van der Waals surface area contributed by atoms with Crippen LogP contribution in [0.15, 0.2) is 29.4 Å². The highest BCUT2D eigenvalue weighted by molar-refractivity contribution is 6.70. The highest BCUT2D eigenvalue weighted by atomic mass is 28.4. The first kappa shape index (κ1) is 17.0. The van der Waals surface area contributed by atoms with Gasteiger partial charge in [0, 0.05) is 11.1 Å². The van der Waals surface area contributed by atoms with E-state index in [0.717, 1.165) is 18.5 Å². The van der Waals surface area contributed by atoms with E-state index in [1.54, 1.807) is 6.26 Å².